The highest BCUT2D eigenvalue weighted by Gasteiger charge is 2.44. The molecule has 1 aromatic heterocycles. The van der Waals surface area contributed by atoms with Gasteiger partial charge in [-0.1, -0.05) is 35.5 Å². The molecule has 0 saturated heterocycles. The van der Waals surface area contributed by atoms with E-state index in [0.717, 1.165) is 24.1 Å². The molecule has 116 valence electrons. The third kappa shape index (κ3) is 3.17. The number of nitrogens with one attached hydrogen (secondary N) is 1. The zero-order chi connectivity index (χ0) is 15.6. The predicted molar refractivity (Wildman–Crippen MR) is 84.9 cm³/mol. The Kier molecular flexibility index (Phi) is 4.21. The average Bonchev–Trinajstić information content (AvgIpc) is 3.26. The molecule has 1 aliphatic rings. The van der Waals surface area contributed by atoms with Crippen LogP contribution in [0.1, 0.15) is 36.1 Å². The largest absolute Gasteiger partial charge is 0.355 e. The zero-order valence-corrected chi connectivity index (χ0v) is 13.3. The van der Waals surface area contributed by atoms with E-state index in [-0.39, 0.29) is 16.5 Å². The van der Waals surface area contributed by atoms with Crippen molar-refractivity contribution in [3.05, 3.63) is 52.4 Å². The van der Waals surface area contributed by atoms with E-state index in [0.29, 0.717) is 19.4 Å². The number of hydrogen-bond donors (Lipinski definition) is 1. The average molecular weight is 319 g/mol. The number of rotatable bonds is 6. The Hall–Kier alpha value is -1.81. The molecule has 1 heterocycles. The highest BCUT2D eigenvalue weighted by Crippen LogP contribution is 2.47. The van der Waals surface area contributed by atoms with E-state index in [1.807, 2.05) is 25.1 Å². The van der Waals surface area contributed by atoms with Crippen LogP contribution < -0.4 is 5.32 Å². The van der Waals surface area contributed by atoms with Gasteiger partial charge in [-0.25, -0.2) is 0 Å². The molecule has 2 aromatic rings. The zero-order valence-electron chi connectivity index (χ0n) is 12.6. The van der Waals surface area contributed by atoms with E-state index in [1.54, 1.807) is 0 Å². The van der Waals surface area contributed by atoms with Crippen molar-refractivity contribution in [3.8, 4) is 0 Å². The molecule has 1 saturated carbocycles. The van der Waals surface area contributed by atoms with Gasteiger partial charge in [0.15, 0.2) is 0 Å². The minimum Gasteiger partial charge on any atom is -0.355 e. The van der Waals surface area contributed by atoms with Crippen LogP contribution in [0.15, 0.2) is 34.9 Å². The van der Waals surface area contributed by atoms with Gasteiger partial charge in [0.1, 0.15) is 0 Å². The van der Waals surface area contributed by atoms with E-state index < -0.39 is 0 Å². The monoisotopic (exact) mass is 318 g/mol. The third-order valence-electron chi connectivity index (χ3n) is 4.40. The fraction of sp³-hybridized carbons (Fsp3) is 0.412. The Morgan fingerprint density at radius 1 is 1.36 bits per heavy atom. The van der Waals surface area contributed by atoms with Gasteiger partial charge in [-0.05, 0) is 43.4 Å². The Labute approximate surface area is 134 Å². The maximum absolute atomic E-state index is 12.1. The second-order valence-electron chi connectivity index (χ2n) is 5.94. The topological polar surface area (TPSA) is 55.1 Å². The summed E-state index contributed by atoms with van der Waals surface area (Å²) < 4.78 is 4.89. The molecule has 1 N–H and O–H groups in total. The summed E-state index contributed by atoms with van der Waals surface area (Å²) in [5, 5.41) is 7.13. The van der Waals surface area contributed by atoms with E-state index in [1.165, 1.54) is 5.56 Å². The van der Waals surface area contributed by atoms with E-state index in [9.17, 15) is 4.79 Å². The van der Waals surface area contributed by atoms with Crippen molar-refractivity contribution in [1.29, 1.82) is 0 Å². The second kappa shape index (κ2) is 6.13. The maximum atomic E-state index is 12.1. The molecular formula is C17H19ClN2O2. The number of benzene rings is 1. The van der Waals surface area contributed by atoms with Crippen molar-refractivity contribution in [2.45, 2.75) is 38.0 Å². The molecule has 0 aliphatic heterocycles. The molecule has 3 rings (SSSR count). The van der Waals surface area contributed by atoms with Crippen LogP contribution in [0.5, 0.6) is 0 Å². The minimum absolute atomic E-state index is 0.0406. The van der Waals surface area contributed by atoms with Crippen molar-refractivity contribution in [2.75, 3.05) is 6.54 Å². The molecule has 4 nitrogen and oxygen atoms in total. The molecule has 0 unspecified atom stereocenters. The number of hydrogen-bond acceptors (Lipinski definition) is 3. The molecule has 1 aliphatic carbocycles. The van der Waals surface area contributed by atoms with Crippen LogP contribution >= 0.6 is 11.6 Å². The van der Waals surface area contributed by atoms with Gasteiger partial charge in [0.2, 0.25) is 11.1 Å². The molecule has 1 fully saturated rings. The highest BCUT2D eigenvalue weighted by atomic mass is 35.5. The molecule has 0 atom stereocenters. The van der Waals surface area contributed by atoms with Gasteiger partial charge < -0.3 is 9.84 Å². The molecule has 0 bridgehead atoms. The van der Waals surface area contributed by atoms with Gasteiger partial charge in [-0.3, -0.25) is 4.79 Å². The van der Waals surface area contributed by atoms with Gasteiger partial charge in [-0.15, -0.1) is 0 Å². The molecule has 1 amide bonds. The van der Waals surface area contributed by atoms with Crippen LogP contribution in [0.2, 0.25) is 5.22 Å². The first-order valence-electron chi connectivity index (χ1n) is 7.54. The normalized spacial score (nSPS) is 15.5. The smallest absolute Gasteiger partial charge is 0.229 e. The Morgan fingerprint density at radius 2 is 2.09 bits per heavy atom. The molecule has 5 heteroatoms. The first kappa shape index (κ1) is 15.1. The lowest BCUT2D eigenvalue weighted by Crippen LogP contribution is -2.32. The van der Waals surface area contributed by atoms with Gasteiger partial charge in [0, 0.05) is 23.9 Å². The number of carbonyl (C=O) groups is 1. The Balaban J connectivity index is 1.51. The summed E-state index contributed by atoms with van der Waals surface area (Å²) in [6.07, 6.45) is 3.22. The summed E-state index contributed by atoms with van der Waals surface area (Å²) >= 11 is 5.91. The minimum atomic E-state index is 0.0406. The van der Waals surface area contributed by atoms with Crippen molar-refractivity contribution >= 4 is 17.5 Å². The molecule has 22 heavy (non-hydrogen) atoms. The lowest BCUT2D eigenvalue weighted by molar-refractivity contribution is -0.121. The fourth-order valence-electron chi connectivity index (χ4n) is 2.74. The number of aryl methyl sites for hydroxylation is 1. The van der Waals surface area contributed by atoms with Crippen LogP contribution in [0.4, 0.5) is 0 Å². The number of amides is 1. The van der Waals surface area contributed by atoms with Crippen LogP contribution in [0.3, 0.4) is 0 Å². The first-order valence-corrected chi connectivity index (χ1v) is 7.91. The maximum Gasteiger partial charge on any atom is 0.229 e. The van der Waals surface area contributed by atoms with Crippen LogP contribution in [0, 0.1) is 6.92 Å². The first-order chi connectivity index (χ1) is 10.6. The summed E-state index contributed by atoms with van der Waals surface area (Å²) in [7, 11) is 0. The summed E-state index contributed by atoms with van der Waals surface area (Å²) in [5.74, 6) is 0.0406. The molecule has 0 spiro atoms. The van der Waals surface area contributed by atoms with E-state index in [4.69, 9.17) is 16.1 Å². The number of nitrogens with zero attached hydrogens (tertiary/aromatic N) is 1. The van der Waals surface area contributed by atoms with Gasteiger partial charge >= 0.3 is 0 Å². The Morgan fingerprint density at radius 3 is 2.68 bits per heavy atom. The molecule has 0 radical (unpaired) electrons. The summed E-state index contributed by atoms with van der Waals surface area (Å²) in [6, 6.07) is 10.4. The van der Waals surface area contributed by atoms with E-state index in [2.05, 4.69) is 22.6 Å². The van der Waals surface area contributed by atoms with Gasteiger partial charge in [-0.2, -0.15) is 0 Å². The third-order valence-corrected chi connectivity index (χ3v) is 4.70. The summed E-state index contributed by atoms with van der Waals surface area (Å²) in [6.45, 7) is 2.53. The van der Waals surface area contributed by atoms with Crippen molar-refractivity contribution < 1.29 is 9.32 Å². The summed E-state index contributed by atoms with van der Waals surface area (Å²) in [4.78, 5) is 12.1. The standard InChI is InChI=1S/C17H19ClN2O2/c1-12-14(16(18)22-20-12)7-8-15(21)19-11-17(9-10-17)13-5-3-2-4-6-13/h2-6H,7-11H2,1H3,(H,19,21). The SMILES string of the molecule is Cc1noc(Cl)c1CCC(=O)NCC1(c2ccccc2)CC1. The predicted octanol–water partition coefficient (Wildman–Crippen LogP) is 3.42. The van der Waals surface area contributed by atoms with Crippen LogP contribution in [-0.2, 0) is 16.6 Å². The fourth-order valence-corrected chi connectivity index (χ4v) is 3.01. The summed E-state index contributed by atoms with van der Waals surface area (Å²) in [5.41, 5.74) is 3.02. The number of halogens is 1. The Bertz CT molecular complexity index is 643. The lowest BCUT2D eigenvalue weighted by atomic mass is 9.96. The van der Waals surface area contributed by atoms with Crippen LogP contribution in [0.25, 0.3) is 0 Å². The van der Waals surface area contributed by atoms with E-state index >= 15 is 0 Å². The van der Waals surface area contributed by atoms with Crippen molar-refractivity contribution in [3.63, 3.8) is 0 Å². The molecular weight excluding hydrogens is 300 g/mol. The highest BCUT2D eigenvalue weighted by molar-refractivity contribution is 6.29. The number of aromatic nitrogens is 1. The quantitative estimate of drug-likeness (QED) is 0.888. The van der Waals surface area contributed by atoms with Gasteiger partial charge in [0.25, 0.3) is 0 Å². The second-order valence-corrected chi connectivity index (χ2v) is 6.29. The number of carbonyl (C=O) groups excluding carboxylic acids is 1. The molecule has 1 aromatic carbocycles. The van der Waals surface area contributed by atoms with Crippen LogP contribution in [-0.4, -0.2) is 17.6 Å². The van der Waals surface area contributed by atoms with Crippen molar-refractivity contribution in [2.24, 2.45) is 0 Å². The lowest BCUT2D eigenvalue weighted by Gasteiger charge is -2.16. The van der Waals surface area contributed by atoms with Crippen molar-refractivity contribution in [1.82, 2.24) is 10.5 Å². The van der Waals surface area contributed by atoms with Gasteiger partial charge in [0.05, 0.1) is 5.69 Å².